The number of anilines is 1. The topological polar surface area (TPSA) is 49.3 Å². The van der Waals surface area contributed by atoms with Crippen molar-refractivity contribution >= 4 is 17.6 Å². The van der Waals surface area contributed by atoms with Crippen molar-refractivity contribution in [3.8, 4) is 5.75 Å². The van der Waals surface area contributed by atoms with Crippen molar-refractivity contribution in [3.05, 3.63) is 36.7 Å². The Bertz CT molecular complexity index is 688. The molecule has 1 saturated heterocycles. The van der Waals surface area contributed by atoms with Crippen molar-refractivity contribution in [1.82, 2.24) is 9.97 Å². The molecule has 4 nitrogen and oxygen atoms in total. The lowest BCUT2D eigenvalue weighted by Crippen LogP contribution is -2.39. The van der Waals surface area contributed by atoms with Crippen molar-refractivity contribution in [3.63, 3.8) is 0 Å². The van der Waals surface area contributed by atoms with Gasteiger partial charge in [0.2, 0.25) is 0 Å². The quantitative estimate of drug-likeness (QED) is 0.891. The molecule has 1 aliphatic heterocycles. The first-order chi connectivity index (χ1) is 11.7. The van der Waals surface area contributed by atoms with E-state index in [0.717, 1.165) is 28.8 Å². The minimum absolute atomic E-state index is 0.277. The summed E-state index contributed by atoms with van der Waals surface area (Å²) < 4.78 is 0. The summed E-state index contributed by atoms with van der Waals surface area (Å²) in [6.45, 7) is 2.21. The smallest absolute Gasteiger partial charge is 0.147 e. The predicted molar refractivity (Wildman–Crippen MR) is 96.6 cm³/mol. The van der Waals surface area contributed by atoms with Crippen LogP contribution < -0.4 is 4.90 Å². The molecule has 2 aliphatic rings. The zero-order valence-electron chi connectivity index (χ0n) is 13.8. The standard InChI is InChI=1S/C19H23N3OS/c23-15-4-3-5-16(12-15)24-18-14-20-17(13-21-18)22-10-8-19(9-11-22)6-1-2-7-19/h3-5,12-14,23H,1-2,6-11H2. The molecular formula is C19H23N3OS. The first-order valence-corrected chi connectivity index (χ1v) is 9.58. The highest BCUT2D eigenvalue weighted by atomic mass is 32.2. The second-order valence-corrected chi connectivity index (χ2v) is 8.10. The van der Waals surface area contributed by atoms with Gasteiger partial charge in [-0.3, -0.25) is 0 Å². The maximum Gasteiger partial charge on any atom is 0.147 e. The van der Waals surface area contributed by atoms with Crippen LogP contribution in [0.1, 0.15) is 38.5 Å². The average Bonchev–Trinajstić information content (AvgIpc) is 3.05. The minimum atomic E-state index is 0.277. The number of piperidine rings is 1. The van der Waals surface area contributed by atoms with E-state index in [9.17, 15) is 5.11 Å². The number of phenolic OH excluding ortho intramolecular Hbond substituents is 1. The van der Waals surface area contributed by atoms with Gasteiger partial charge in [-0.1, -0.05) is 30.7 Å². The fraction of sp³-hybridized carbons (Fsp3) is 0.474. The predicted octanol–water partition coefficient (Wildman–Crippen LogP) is 4.49. The third kappa shape index (κ3) is 3.36. The van der Waals surface area contributed by atoms with Crippen LogP contribution in [-0.4, -0.2) is 28.2 Å². The summed E-state index contributed by atoms with van der Waals surface area (Å²) >= 11 is 1.52. The van der Waals surface area contributed by atoms with E-state index in [4.69, 9.17) is 0 Å². The number of hydrogen-bond acceptors (Lipinski definition) is 5. The van der Waals surface area contributed by atoms with E-state index in [-0.39, 0.29) is 5.75 Å². The Morgan fingerprint density at radius 3 is 2.46 bits per heavy atom. The van der Waals surface area contributed by atoms with Gasteiger partial charge in [-0.2, -0.15) is 0 Å². The van der Waals surface area contributed by atoms with Gasteiger partial charge in [0.15, 0.2) is 0 Å². The normalized spacial score (nSPS) is 19.8. The molecule has 0 unspecified atom stereocenters. The Kier molecular flexibility index (Phi) is 4.35. The molecule has 2 heterocycles. The Hall–Kier alpha value is -1.75. The Balaban J connectivity index is 1.39. The second-order valence-electron chi connectivity index (χ2n) is 7.01. The third-order valence-corrected chi connectivity index (χ3v) is 6.38. The van der Waals surface area contributed by atoms with Gasteiger partial charge in [0.1, 0.15) is 16.6 Å². The molecule has 4 rings (SSSR count). The zero-order chi connectivity index (χ0) is 16.4. The highest BCUT2D eigenvalue weighted by molar-refractivity contribution is 7.99. The summed E-state index contributed by atoms with van der Waals surface area (Å²) in [6, 6.07) is 7.22. The van der Waals surface area contributed by atoms with Crippen LogP contribution in [0.3, 0.4) is 0 Å². The number of rotatable bonds is 3. The maximum absolute atomic E-state index is 9.54. The van der Waals surface area contributed by atoms with Crippen LogP contribution in [0.15, 0.2) is 46.6 Å². The molecule has 0 bridgehead atoms. The van der Waals surface area contributed by atoms with Crippen LogP contribution in [0.4, 0.5) is 5.82 Å². The molecule has 5 heteroatoms. The van der Waals surface area contributed by atoms with Crippen molar-refractivity contribution in [2.45, 2.75) is 48.4 Å². The lowest BCUT2D eigenvalue weighted by Gasteiger charge is -2.39. The highest BCUT2D eigenvalue weighted by Crippen LogP contribution is 2.46. The van der Waals surface area contributed by atoms with Crippen LogP contribution >= 0.6 is 11.8 Å². The molecule has 0 amide bonds. The second kappa shape index (κ2) is 6.63. The Morgan fingerprint density at radius 2 is 1.79 bits per heavy atom. The first-order valence-electron chi connectivity index (χ1n) is 8.76. The summed E-state index contributed by atoms with van der Waals surface area (Å²) in [5.41, 5.74) is 0.634. The van der Waals surface area contributed by atoms with E-state index >= 15 is 0 Å². The van der Waals surface area contributed by atoms with Gasteiger partial charge in [0.05, 0.1) is 12.4 Å². The monoisotopic (exact) mass is 341 g/mol. The molecule has 2 aromatic rings. The van der Waals surface area contributed by atoms with Gasteiger partial charge in [-0.15, -0.1) is 0 Å². The van der Waals surface area contributed by atoms with Gasteiger partial charge in [0.25, 0.3) is 0 Å². The molecule has 1 aromatic carbocycles. The largest absolute Gasteiger partial charge is 0.508 e. The molecule has 0 atom stereocenters. The lowest BCUT2D eigenvalue weighted by atomic mass is 9.77. The van der Waals surface area contributed by atoms with Crippen LogP contribution in [-0.2, 0) is 0 Å². The third-order valence-electron chi connectivity index (χ3n) is 5.47. The van der Waals surface area contributed by atoms with Gasteiger partial charge in [0, 0.05) is 18.0 Å². The van der Waals surface area contributed by atoms with E-state index in [1.807, 2.05) is 24.5 Å². The maximum atomic E-state index is 9.54. The summed E-state index contributed by atoms with van der Waals surface area (Å²) in [5.74, 6) is 1.27. The van der Waals surface area contributed by atoms with Crippen LogP contribution in [0.2, 0.25) is 0 Å². The van der Waals surface area contributed by atoms with E-state index in [2.05, 4.69) is 14.9 Å². The van der Waals surface area contributed by atoms with Gasteiger partial charge >= 0.3 is 0 Å². The first kappa shape index (κ1) is 15.8. The fourth-order valence-electron chi connectivity index (χ4n) is 4.03. The average molecular weight is 341 g/mol. The molecule has 2 fully saturated rings. The highest BCUT2D eigenvalue weighted by Gasteiger charge is 2.37. The summed E-state index contributed by atoms with van der Waals surface area (Å²) in [7, 11) is 0. The molecule has 1 aromatic heterocycles. The van der Waals surface area contributed by atoms with E-state index in [1.54, 1.807) is 12.1 Å². The molecule has 126 valence electrons. The molecule has 1 saturated carbocycles. The fourth-order valence-corrected chi connectivity index (χ4v) is 4.81. The van der Waals surface area contributed by atoms with E-state index in [0.29, 0.717) is 5.41 Å². The summed E-state index contributed by atoms with van der Waals surface area (Å²) in [6.07, 6.45) is 12.0. The van der Waals surface area contributed by atoms with Crippen LogP contribution in [0.5, 0.6) is 5.75 Å². The van der Waals surface area contributed by atoms with Crippen LogP contribution in [0.25, 0.3) is 0 Å². The van der Waals surface area contributed by atoms with Gasteiger partial charge in [-0.05, 0) is 49.3 Å². The Labute approximate surface area is 147 Å². The van der Waals surface area contributed by atoms with Crippen molar-refractivity contribution < 1.29 is 5.11 Å². The molecule has 1 spiro atoms. The molecule has 24 heavy (non-hydrogen) atoms. The molecule has 0 radical (unpaired) electrons. The van der Waals surface area contributed by atoms with E-state index in [1.165, 1.54) is 50.3 Å². The SMILES string of the molecule is Oc1cccc(Sc2cnc(N3CCC4(CCCC4)CC3)cn2)c1. The zero-order valence-corrected chi connectivity index (χ0v) is 14.6. The lowest BCUT2D eigenvalue weighted by molar-refractivity contribution is 0.226. The molecule has 1 N–H and O–H groups in total. The summed E-state index contributed by atoms with van der Waals surface area (Å²) in [5, 5.41) is 10.4. The number of aromatic hydroxyl groups is 1. The Morgan fingerprint density at radius 1 is 1.00 bits per heavy atom. The number of hydrogen-bond donors (Lipinski definition) is 1. The number of nitrogens with zero attached hydrogens (tertiary/aromatic N) is 3. The molecule has 1 aliphatic carbocycles. The van der Waals surface area contributed by atoms with Crippen LogP contribution in [0, 0.1) is 5.41 Å². The minimum Gasteiger partial charge on any atom is -0.508 e. The number of aromatic nitrogens is 2. The van der Waals surface area contributed by atoms with Crippen molar-refractivity contribution in [2.24, 2.45) is 5.41 Å². The van der Waals surface area contributed by atoms with E-state index < -0.39 is 0 Å². The van der Waals surface area contributed by atoms with Crippen molar-refractivity contribution in [2.75, 3.05) is 18.0 Å². The van der Waals surface area contributed by atoms with Crippen molar-refractivity contribution in [1.29, 1.82) is 0 Å². The number of phenols is 1. The van der Waals surface area contributed by atoms with Gasteiger partial charge < -0.3 is 10.0 Å². The number of benzene rings is 1. The summed E-state index contributed by atoms with van der Waals surface area (Å²) in [4.78, 5) is 12.5. The molecular weight excluding hydrogens is 318 g/mol. The van der Waals surface area contributed by atoms with Gasteiger partial charge in [-0.25, -0.2) is 9.97 Å².